The van der Waals surface area contributed by atoms with Crippen LogP contribution in [0.5, 0.6) is 0 Å². The van der Waals surface area contributed by atoms with Crippen molar-refractivity contribution in [1.29, 1.82) is 0 Å². The van der Waals surface area contributed by atoms with Crippen molar-refractivity contribution >= 4 is 23.4 Å². The lowest BCUT2D eigenvalue weighted by Gasteiger charge is -2.38. The molecule has 170 valence electrons. The van der Waals surface area contributed by atoms with Crippen molar-refractivity contribution in [3.63, 3.8) is 0 Å². The number of halogens is 4. The van der Waals surface area contributed by atoms with Gasteiger partial charge >= 0.3 is 0 Å². The van der Waals surface area contributed by atoms with Crippen LogP contribution in [0, 0.1) is 17.5 Å². The number of carbonyl (C=O) groups is 2. The normalized spacial score (nSPS) is 21.8. The fourth-order valence-corrected chi connectivity index (χ4v) is 4.31. The zero-order valence-corrected chi connectivity index (χ0v) is 17.7. The van der Waals surface area contributed by atoms with E-state index in [1.165, 1.54) is 4.90 Å². The number of amides is 2. The average molecular weight is 468 g/mol. The van der Waals surface area contributed by atoms with E-state index < -0.39 is 41.1 Å². The Morgan fingerprint density at radius 3 is 2.12 bits per heavy atom. The minimum Gasteiger partial charge on any atom is -0.390 e. The topological polar surface area (TPSA) is 64.1 Å². The molecule has 2 saturated heterocycles. The van der Waals surface area contributed by atoms with E-state index in [-0.39, 0.29) is 19.0 Å². The van der Waals surface area contributed by atoms with Crippen LogP contribution in [0.15, 0.2) is 36.4 Å². The van der Waals surface area contributed by atoms with E-state index in [1.54, 1.807) is 29.2 Å². The Morgan fingerprint density at radius 1 is 0.844 bits per heavy atom. The van der Waals surface area contributed by atoms with Crippen molar-refractivity contribution in [1.82, 2.24) is 14.7 Å². The first-order valence-electron chi connectivity index (χ1n) is 10.2. The fraction of sp³-hybridized carbons (Fsp3) is 0.364. The third-order valence-corrected chi connectivity index (χ3v) is 6.20. The van der Waals surface area contributed by atoms with Gasteiger partial charge in [0.25, 0.3) is 11.8 Å². The highest BCUT2D eigenvalue weighted by molar-refractivity contribution is 6.30. The first-order valence-corrected chi connectivity index (χ1v) is 10.5. The van der Waals surface area contributed by atoms with E-state index in [9.17, 15) is 27.9 Å². The number of β-amino-alcohol motifs (C(OH)–C–C–N with tert-alkyl or cyclic N) is 1. The summed E-state index contributed by atoms with van der Waals surface area (Å²) in [6.45, 7) is 1.92. The number of aliphatic hydroxyl groups excluding tert-OH is 1. The molecule has 10 heteroatoms. The molecule has 2 atom stereocenters. The number of piperazine rings is 1. The monoisotopic (exact) mass is 467 g/mol. The Labute approximate surface area is 187 Å². The van der Waals surface area contributed by atoms with Gasteiger partial charge < -0.3 is 14.9 Å². The lowest BCUT2D eigenvalue weighted by atomic mass is 10.1. The van der Waals surface area contributed by atoms with Gasteiger partial charge in [-0.05, 0) is 30.3 Å². The summed E-state index contributed by atoms with van der Waals surface area (Å²) in [5.41, 5.74) is -0.0378. The Bertz CT molecular complexity index is 1030. The van der Waals surface area contributed by atoms with Crippen LogP contribution in [-0.2, 0) is 0 Å². The smallest absolute Gasteiger partial charge is 0.257 e. The summed E-state index contributed by atoms with van der Waals surface area (Å²) in [6, 6.07) is 7.11. The zero-order chi connectivity index (χ0) is 23.0. The van der Waals surface area contributed by atoms with Crippen LogP contribution in [0.25, 0.3) is 0 Å². The molecule has 32 heavy (non-hydrogen) atoms. The van der Waals surface area contributed by atoms with Crippen LogP contribution in [0.2, 0.25) is 5.02 Å². The molecule has 0 aromatic heterocycles. The number of nitrogens with zero attached hydrogens (tertiary/aromatic N) is 3. The molecule has 0 bridgehead atoms. The van der Waals surface area contributed by atoms with Crippen LogP contribution < -0.4 is 0 Å². The van der Waals surface area contributed by atoms with E-state index in [4.69, 9.17) is 11.6 Å². The van der Waals surface area contributed by atoms with Gasteiger partial charge in [-0.15, -0.1) is 0 Å². The predicted molar refractivity (Wildman–Crippen MR) is 111 cm³/mol. The lowest BCUT2D eigenvalue weighted by molar-refractivity contribution is 0.0376. The third kappa shape index (κ3) is 4.46. The summed E-state index contributed by atoms with van der Waals surface area (Å²) in [4.78, 5) is 30.2. The maximum atomic E-state index is 14.0. The average Bonchev–Trinajstić information content (AvgIpc) is 3.17. The quantitative estimate of drug-likeness (QED) is 0.704. The third-order valence-electron chi connectivity index (χ3n) is 5.95. The molecule has 0 unspecified atom stereocenters. The van der Waals surface area contributed by atoms with Crippen molar-refractivity contribution < 1.29 is 27.9 Å². The summed E-state index contributed by atoms with van der Waals surface area (Å²) in [6.07, 6.45) is -0.883. The SMILES string of the molecule is O=C(c1ccc(Cl)cc1)N1CCN([C@@H]2CN(C(=O)c3cc(F)c(F)cc3F)C[C@H]2O)CC1. The summed E-state index contributed by atoms with van der Waals surface area (Å²) >= 11 is 5.86. The number of aliphatic hydroxyl groups is 1. The summed E-state index contributed by atoms with van der Waals surface area (Å²) in [7, 11) is 0. The van der Waals surface area contributed by atoms with E-state index in [0.29, 0.717) is 48.9 Å². The van der Waals surface area contributed by atoms with Crippen molar-refractivity contribution in [2.24, 2.45) is 0 Å². The molecule has 2 amide bonds. The Kier molecular flexibility index (Phi) is 6.41. The van der Waals surface area contributed by atoms with E-state index in [0.717, 1.165) is 0 Å². The van der Waals surface area contributed by atoms with Gasteiger partial charge in [-0.1, -0.05) is 11.6 Å². The molecular weight excluding hydrogens is 447 g/mol. The van der Waals surface area contributed by atoms with Crippen molar-refractivity contribution in [2.45, 2.75) is 12.1 Å². The number of likely N-dealkylation sites (tertiary alicyclic amines) is 1. The Morgan fingerprint density at radius 2 is 1.47 bits per heavy atom. The second-order valence-electron chi connectivity index (χ2n) is 7.93. The van der Waals surface area contributed by atoms with Gasteiger partial charge in [-0.3, -0.25) is 14.5 Å². The molecule has 6 nitrogen and oxygen atoms in total. The molecule has 2 heterocycles. The highest BCUT2D eigenvalue weighted by atomic mass is 35.5. The number of benzene rings is 2. The minimum absolute atomic E-state index is 0.0497. The maximum absolute atomic E-state index is 14.0. The molecule has 1 N–H and O–H groups in total. The molecule has 0 radical (unpaired) electrons. The van der Waals surface area contributed by atoms with Gasteiger partial charge in [-0.25, -0.2) is 13.2 Å². The van der Waals surface area contributed by atoms with Crippen molar-refractivity contribution in [3.05, 3.63) is 70.0 Å². The van der Waals surface area contributed by atoms with Crippen molar-refractivity contribution in [3.8, 4) is 0 Å². The summed E-state index contributed by atoms with van der Waals surface area (Å²) in [5, 5.41) is 11.0. The Hall–Kier alpha value is -2.62. The molecule has 2 aromatic rings. The zero-order valence-electron chi connectivity index (χ0n) is 17.0. The number of carbonyl (C=O) groups excluding carboxylic acids is 2. The Balaban J connectivity index is 1.37. The first-order chi connectivity index (χ1) is 15.2. The standard InChI is InChI=1S/C22H21ClF3N3O3/c23-14-3-1-13(2-4-14)21(31)28-7-5-27(6-8-28)19-11-29(12-20(19)30)22(32)15-9-17(25)18(26)10-16(15)24/h1-4,9-10,19-20,30H,5-8,11-12H2/t19-,20-/m1/s1. The molecule has 2 fully saturated rings. The van der Waals surface area contributed by atoms with E-state index >= 15 is 0 Å². The van der Waals surface area contributed by atoms with Crippen LogP contribution >= 0.6 is 11.6 Å². The second kappa shape index (κ2) is 9.09. The number of rotatable bonds is 3. The van der Waals surface area contributed by atoms with Gasteiger partial charge in [0.15, 0.2) is 11.6 Å². The van der Waals surface area contributed by atoms with Crippen LogP contribution in [-0.4, -0.2) is 83.0 Å². The number of hydrogen-bond acceptors (Lipinski definition) is 4. The molecule has 0 spiro atoms. The first kappa shape index (κ1) is 22.6. The summed E-state index contributed by atoms with van der Waals surface area (Å²) in [5.74, 6) is -4.75. The van der Waals surface area contributed by atoms with Gasteiger partial charge in [0.1, 0.15) is 5.82 Å². The lowest BCUT2D eigenvalue weighted by Crippen LogP contribution is -2.54. The largest absolute Gasteiger partial charge is 0.390 e. The number of hydrogen-bond donors (Lipinski definition) is 1. The van der Waals surface area contributed by atoms with E-state index in [1.807, 2.05) is 4.90 Å². The molecular formula is C22H21ClF3N3O3. The predicted octanol–water partition coefficient (Wildman–Crippen LogP) is 2.40. The highest BCUT2D eigenvalue weighted by Crippen LogP contribution is 2.23. The second-order valence-corrected chi connectivity index (χ2v) is 8.36. The molecule has 0 aliphatic carbocycles. The van der Waals surface area contributed by atoms with Crippen molar-refractivity contribution in [2.75, 3.05) is 39.3 Å². The molecule has 0 saturated carbocycles. The van der Waals surface area contributed by atoms with Gasteiger partial charge in [0.2, 0.25) is 0 Å². The highest BCUT2D eigenvalue weighted by Gasteiger charge is 2.40. The molecule has 2 aromatic carbocycles. The van der Waals surface area contributed by atoms with E-state index in [2.05, 4.69) is 0 Å². The van der Waals surface area contributed by atoms with Crippen LogP contribution in [0.4, 0.5) is 13.2 Å². The van der Waals surface area contributed by atoms with Gasteiger partial charge in [0.05, 0.1) is 17.7 Å². The van der Waals surface area contributed by atoms with Crippen LogP contribution in [0.3, 0.4) is 0 Å². The molecule has 2 aliphatic heterocycles. The minimum atomic E-state index is -1.37. The van der Waals surface area contributed by atoms with Gasteiger partial charge in [-0.2, -0.15) is 0 Å². The van der Waals surface area contributed by atoms with Crippen LogP contribution in [0.1, 0.15) is 20.7 Å². The fourth-order valence-electron chi connectivity index (χ4n) is 4.18. The molecule has 2 aliphatic rings. The van der Waals surface area contributed by atoms with Gasteiger partial charge in [0, 0.05) is 55.9 Å². The maximum Gasteiger partial charge on any atom is 0.257 e. The molecule has 4 rings (SSSR count). The summed E-state index contributed by atoms with van der Waals surface area (Å²) < 4.78 is 40.6.